The van der Waals surface area contributed by atoms with Crippen molar-refractivity contribution in [2.45, 2.75) is 54.8 Å². The van der Waals surface area contributed by atoms with Crippen molar-refractivity contribution in [3.05, 3.63) is 12.3 Å². The molecule has 3 heterocycles. The number of ether oxygens (including phenoxy) is 4. The molecule has 0 radical (unpaired) electrons. The van der Waals surface area contributed by atoms with E-state index in [1.807, 2.05) is 0 Å². The fourth-order valence-electron chi connectivity index (χ4n) is 4.17. The maximum Gasteiger partial charge on any atom is 0.208 e. The van der Waals surface area contributed by atoms with Gasteiger partial charge in [-0.05, 0) is 6.08 Å². The number of hydrogen-bond acceptors (Lipinski definition) is 10. The minimum atomic E-state index is -1.57. The molecule has 0 aromatic heterocycles. The SMILES string of the molecule is OC[C@H]1O[C@@H](O[C@@H]2OC=C[C@H]3[C@H](O)[C@@H]4O[C@@]4(CO)[C@@H]23)[C@H](O)[C@@H](O)[C@@H]1O. The molecule has 3 aliphatic heterocycles. The van der Waals surface area contributed by atoms with Crippen molar-refractivity contribution in [3.8, 4) is 0 Å². The number of aliphatic hydroxyl groups excluding tert-OH is 6. The molecule has 0 spiro atoms. The summed E-state index contributed by atoms with van der Waals surface area (Å²) >= 11 is 0. The van der Waals surface area contributed by atoms with Crippen LogP contribution in [0.5, 0.6) is 0 Å². The average Bonchev–Trinajstić information content (AvgIpc) is 3.31. The van der Waals surface area contributed by atoms with E-state index in [4.69, 9.17) is 18.9 Å². The van der Waals surface area contributed by atoms with Gasteiger partial charge in [-0.2, -0.15) is 0 Å². The topological polar surface area (TPSA) is 162 Å². The van der Waals surface area contributed by atoms with E-state index in [-0.39, 0.29) is 12.5 Å². The molecule has 4 rings (SSSR count). The molecule has 142 valence electrons. The first-order chi connectivity index (χ1) is 11.9. The first-order valence-corrected chi connectivity index (χ1v) is 8.19. The summed E-state index contributed by atoms with van der Waals surface area (Å²) < 4.78 is 21.9. The Morgan fingerprint density at radius 2 is 1.72 bits per heavy atom. The third kappa shape index (κ3) is 2.45. The Morgan fingerprint density at radius 1 is 0.960 bits per heavy atom. The predicted octanol–water partition coefficient (Wildman–Crippen LogP) is -3.59. The highest BCUT2D eigenvalue weighted by Gasteiger charge is 2.75. The van der Waals surface area contributed by atoms with E-state index in [1.165, 1.54) is 6.26 Å². The van der Waals surface area contributed by atoms with Crippen LogP contribution in [-0.4, -0.2) is 98.7 Å². The fraction of sp³-hybridized carbons (Fsp3) is 0.867. The smallest absolute Gasteiger partial charge is 0.208 e. The highest BCUT2D eigenvalue weighted by molar-refractivity contribution is 5.24. The lowest BCUT2D eigenvalue weighted by Crippen LogP contribution is -2.60. The Kier molecular flexibility index (Phi) is 4.30. The summed E-state index contributed by atoms with van der Waals surface area (Å²) in [5, 5.41) is 59.0. The Morgan fingerprint density at radius 3 is 2.40 bits per heavy atom. The van der Waals surface area contributed by atoms with Crippen LogP contribution >= 0.6 is 0 Å². The highest BCUT2D eigenvalue weighted by Crippen LogP contribution is 2.59. The van der Waals surface area contributed by atoms with Crippen molar-refractivity contribution < 1.29 is 49.6 Å². The van der Waals surface area contributed by atoms with E-state index >= 15 is 0 Å². The van der Waals surface area contributed by atoms with E-state index in [1.54, 1.807) is 6.08 Å². The van der Waals surface area contributed by atoms with Gasteiger partial charge in [-0.3, -0.25) is 0 Å². The van der Waals surface area contributed by atoms with Crippen molar-refractivity contribution in [3.63, 3.8) is 0 Å². The molecule has 3 fully saturated rings. The summed E-state index contributed by atoms with van der Waals surface area (Å²) in [6.45, 7) is -0.908. The van der Waals surface area contributed by atoms with Gasteiger partial charge >= 0.3 is 0 Å². The Bertz CT molecular complexity index is 540. The zero-order valence-corrected chi connectivity index (χ0v) is 13.2. The highest BCUT2D eigenvalue weighted by atomic mass is 16.8. The molecule has 4 aliphatic rings. The minimum absolute atomic E-state index is 0.332. The first kappa shape index (κ1) is 17.6. The van der Waals surface area contributed by atoms with Crippen molar-refractivity contribution in [2.24, 2.45) is 11.8 Å². The molecular formula is C15H22O10. The molecule has 10 nitrogen and oxygen atoms in total. The number of aliphatic hydroxyl groups is 6. The zero-order chi connectivity index (χ0) is 17.9. The van der Waals surface area contributed by atoms with Gasteiger partial charge in [0.15, 0.2) is 6.29 Å². The van der Waals surface area contributed by atoms with Crippen LogP contribution in [0.25, 0.3) is 0 Å². The molecule has 1 saturated carbocycles. The van der Waals surface area contributed by atoms with Crippen molar-refractivity contribution in [2.75, 3.05) is 13.2 Å². The molecular weight excluding hydrogens is 340 g/mol. The standard InChI is InChI=1S/C15H22O10/c16-3-6-9(19)10(20)11(21)14(23-6)24-13-7-5(1-2-22-13)8(18)12-15(7,4-17)25-12/h1-2,5-14,16-21H,3-4H2/t5-,6-,7-,8+,9-,10+,11-,12+,13+,14+,15+/m1/s1. The van der Waals surface area contributed by atoms with Crippen molar-refractivity contribution in [1.29, 1.82) is 0 Å². The van der Waals surface area contributed by atoms with Crippen LogP contribution in [-0.2, 0) is 18.9 Å². The minimum Gasteiger partial charge on any atom is -0.472 e. The van der Waals surface area contributed by atoms with E-state index in [9.17, 15) is 30.6 Å². The summed E-state index contributed by atoms with van der Waals surface area (Å²) in [5.41, 5.74) is -0.992. The fourth-order valence-corrected chi connectivity index (χ4v) is 4.17. The van der Waals surface area contributed by atoms with Crippen molar-refractivity contribution in [1.82, 2.24) is 0 Å². The Labute approximate surface area is 142 Å². The van der Waals surface area contributed by atoms with E-state index in [0.717, 1.165) is 0 Å². The zero-order valence-electron chi connectivity index (χ0n) is 13.2. The van der Waals surface area contributed by atoms with Crippen LogP contribution in [0.2, 0.25) is 0 Å². The number of hydrogen-bond donors (Lipinski definition) is 6. The predicted molar refractivity (Wildman–Crippen MR) is 76.5 cm³/mol. The van der Waals surface area contributed by atoms with Gasteiger partial charge in [-0.1, -0.05) is 0 Å². The lowest BCUT2D eigenvalue weighted by molar-refractivity contribution is -0.344. The number of fused-ring (bicyclic) bond motifs is 3. The molecule has 1 aliphatic carbocycles. The summed E-state index contributed by atoms with van der Waals surface area (Å²) in [7, 11) is 0. The van der Waals surface area contributed by atoms with Crippen molar-refractivity contribution >= 4 is 0 Å². The molecule has 0 amide bonds. The van der Waals surface area contributed by atoms with Gasteiger partial charge in [0, 0.05) is 5.92 Å². The molecule has 0 unspecified atom stereocenters. The second kappa shape index (κ2) is 6.12. The van der Waals surface area contributed by atoms with Crippen LogP contribution in [0.1, 0.15) is 0 Å². The van der Waals surface area contributed by atoms with Gasteiger partial charge in [0.1, 0.15) is 36.1 Å². The van der Waals surface area contributed by atoms with Crippen LogP contribution in [0.3, 0.4) is 0 Å². The van der Waals surface area contributed by atoms with E-state index in [2.05, 4.69) is 0 Å². The molecule has 25 heavy (non-hydrogen) atoms. The number of epoxide rings is 1. The average molecular weight is 362 g/mol. The first-order valence-electron chi connectivity index (χ1n) is 8.19. The molecule has 2 saturated heterocycles. The van der Waals surface area contributed by atoms with E-state index in [0.29, 0.717) is 0 Å². The van der Waals surface area contributed by atoms with Crippen LogP contribution in [0.4, 0.5) is 0 Å². The van der Waals surface area contributed by atoms with Gasteiger partial charge in [-0.15, -0.1) is 0 Å². The molecule has 10 heteroatoms. The number of rotatable bonds is 4. The monoisotopic (exact) mass is 362 g/mol. The summed E-state index contributed by atoms with van der Waals surface area (Å²) in [4.78, 5) is 0. The molecule has 0 aromatic rings. The quantitative estimate of drug-likeness (QED) is 0.276. The summed E-state index contributed by atoms with van der Waals surface area (Å²) in [6, 6.07) is 0. The van der Waals surface area contributed by atoms with E-state index < -0.39 is 67.3 Å². The van der Waals surface area contributed by atoms with Gasteiger partial charge < -0.3 is 49.6 Å². The van der Waals surface area contributed by atoms with Gasteiger partial charge in [0.05, 0.1) is 31.5 Å². The third-order valence-corrected chi connectivity index (χ3v) is 5.62. The molecule has 0 aromatic carbocycles. The summed E-state index contributed by atoms with van der Waals surface area (Å²) in [6.07, 6.45) is -6.47. The maximum atomic E-state index is 10.3. The summed E-state index contributed by atoms with van der Waals surface area (Å²) in [5.74, 6) is -0.913. The van der Waals surface area contributed by atoms with Crippen LogP contribution in [0, 0.1) is 11.8 Å². The lowest BCUT2D eigenvalue weighted by atomic mass is 9.85. The maximum absolute atomic E-state index is 10.3. The largest absolute Gasteiger partial charge is 0.472 e. The molecule has 6 N–H and O–H groups in total. The van der Waals surface area contributed by atoms with Crippen LogP contribution in [0.15, 0.2) is 12.3 Å². The molecule has 11 atom stereocenters. The second-order valence-corrected chi connectivity index (χ2v) is 6.91. The lowest BCUT2D eigenvalue weighted by Gasteiger charge is -2.43. The Balaban J connectivity index is 1.53. The van der Waals surface area contributed by atoms with Gasteiger partial charge in [-0.25, -0.2) is 0 Å². The van der Waals surface area contributed by atoms with Gasteiger partial charge in [0.25, 0.3) is 0 Å². The van der Waals surface area contributed by atoms with Gasteiger partial charge in [0.2, 0.25) is 6.29 Å². The molecule has 0 bridgehead atoms. The Hall–Kier alpha value is -0.820. The van der Waals surface area contributed by atoms with Crippen LogP contribution < -0.4 is 0 Å². The normalized spacial score (nSPS) is 56.9. The third-order valence-electron chi connectivity index (χ3n) is 5.62. The second-order valence-electron chi connectivity index (χ2n) is 6.91.